The van der Waals surface area contributed by atoms with Gasteiger partial charge in [0.25, 0.3) is 0 Å². The molecule has 0 radical (unpaired) electrons. The van der Waals surface area contributed by atoms with Gasteiger partial charge in [-0.25, -0.2) is 0 Å². The third-order valence-electron chi connectivity index (χ3n) is 3.88. The van der Waals surface area contributed by atoms with Crippen LogP contribution in [0.25, 0.3) is 0 Å². The van der Waals surface area contributed by atoms with Gasteiger partial charge in [0.2, 0.25) is 0 Å². The zero-order valence-electron chi connectivity index (χ0n) is 11.0. The molecular formula is C15H20O2S. The molecule has 18 heavy (non-hydrogen) atoms. The first kappa shape index (κ1) is 12.2. The number of ether oxygens (including phenoxy) is 2. The van der Waals surface area contributed by atoms with Crippen LogP contribution in [-0.4, -0.2) is 18.0 Å². The molecule has 1 aromatic carbocycles. The fraction of sp³-hybridized carbons (Fsp3) is 0.600. The Labute approximate surface area is 114 Å². The smallest absolute Gasteiger partial charge is 0.165 e. The first-order valence-corrected chi connectivity index (χ1v) is 7.22. The molecule has 0 aromatic heterocycles. The Morgan fingerprint density at radius 3 is 2.78 bits per heavy atom. The van der Waals surface area contributed by atoms with E-state index in [0.29, 0.717) is 5.41 Å². The molecule has 1 saturated carbocycles. The Morgan fingerprint density at radius 2 is 2.11 bits per heavy atom. The molecule has 1 fully saturated rings. The van der Waals surface area contributed by atoms with Crippen LogP contribution in [0.5, 0.6) is 11.5 Å². The Kier molecular flexibility index (Phi) is 2.77. The molecule has 1 aliphatic heterocycles. The van der Waals surface area contributed by atoms with Gasteiger partial charge in [0.15, 0.2) is 11.5 Å². The van der Waals surface area contributed by atoms with Crippen LogP contribution >= 0.6 is 12.6 Å². The monoisotopic (exact) mass is 264 g/mol. The summed E-state index contributed by atoms with van der Waals surface area (Å²) in [5.74, 6) is 2.75. The lowest BCUT2D eigenvalue weighted by Crippen LogP contribution is -2.24. The van der Waals surface area contributed by atoms with Crippen molar-refractivity contribution in [3.8, 4) is 11.5 Å². The van der Waals surface area contributed by atoms with E-state index in [4.69, 9.17) is 9.47 Å². The van der Waals surface area contributed by atoms with Crippen molar-refractivity contribution in [2.24, 2.45) is 5.41 Å². The topological polar surface area (TPSA) is 18.5 Å². The molecule has 0 bridgehead atoms. The number of benzene rings is 1. The number of thiol groups is 1. The average Bonchev–Trinajstić information content (AvgIpc) is 3.03. The molecule has 0 atom stereocenters. The molecule has 0 spiro atoms. The number of fused-ring (bicyclic) bond motifs is 1. The van der Waals surface area contributed by atoms with Gasteiger partial charge in [0, 0.05) is 17.4 Å². The van der Waals surface area contributed by atoms with Gasteiger partial charge in [0.1, 0.15) is 5.60 Å². The fourth-order valence-corrected chi connectivity index (χ4v) is 2.86. The van der Waals surface area contributed by atoms with E-state index in [1.54, 1.807) is 0 Å². The van der Waals surface area contributed by atoms with Crippen molar-refractivity contribution < 1.29 is 9.47 Å². The van der Waals surface area contributed by atoms with E-state index in [0.717, 1.165) is 30.3 Å². The molecule has 0 amide bonds. The van der Waals surface area contributed by atoms with Crippen LogP contribution in [0.1, 0.15) is 32.3 Å². The number of hydrogen-bond acceptors (Lipinski definition) is 3. The molecule has 1 aromatic rings. The summed E-state index contributed by atoms with van der Waals surface area (Å²) in [5, 5.41) is 0. The van der Waals surface area contributed by atoms with Crippen molar-refractivity contribution in [2.75, 3.05) is 12.4 Å². The van der Waals surface area contributed by atoms with Crippen LogP contribution in [0.2, 0.25) is 0 Å². The van der Waals surface area contributed by atoms with Crippen LogP contribution in [-0.2, 0) is 6.42 Å². The van der Waals surface area contributed by atoms with Crippen molar-refractivity contribution in [1.82, 2.24) is 0 Å². The minimum atomic E-state index is -0.109. The van der Waals surface area contributed by atoms with Gasteiger partial charge in [0.05, 0.1) is 6.61 Å². The summed E-state index contributed by atoms with van der Waals surface area (Å²) in [5.41, 5.74) is 1.47. The van der Waals surface area contributed by atoms with Crippen LogP contribution in [0.4, 0.5) is 0 Å². The molecule has 3 heteroatoms. The van der Waals surface area contributed by atoms with Gasteiger partial charge in [-0.15, -0.1) is 0 Å². The summed E-state index contributed by atoms with van der Waals surface area (Å²) >= 11 is 4.41. The van der Waals surface area contributed by atoms with E-state index >= 15 is 0 Å². The highest BCUT2D eigenvalue weighted by Crippen LogP contribution is 2.48. The maximum Gasteiger partial charge on any atom is 0.165 e. The fourth-order valence-electron chi connectivity index (χ4n) is 2.46. The van der Waals surface area contributed by atoms with E-state index in [1.807, 2.05) is 6.07 Å². The quantitative estimate of drug-likeness (QED) is 0.839. The molecule has 0 saturated heterocycles. The van der Waals surface area contributed by atoms with Crippen molar-refractivity contribution >= 4 is 12.6 Å². The van der Waals surface area contributed by atoms with E-state index in [2.05, 4.69) is 38.6 Å². The lowest BCUT2D eigenvalue weighted by atomic mass is 10.0. The second-order valence-electron chi connectivity index (χ2n) is 6.23. The second-order valence-corrected chi connectivity index (χ2v) is 6.55. The summed E-state index contributed by atoms with van der Waals surface area (Å²) < 4.78 is 12.0. The number of hydrogen-bond donors (Lipinski definition) is 1. The molecule has 2 nitrogen and oxygen atoms in total. The molecule has 1 heterocycles. The van der Waals surface area contributed by atoms with Crippen molar-refractivity contribution in [3.05, 3.63) is 23.8 Å². The SMILES string of the molecule is CC1(C)Cc2cccc(OCC3(CS)CC3)c2O1. The molecule has 98 valence electrons. The maximum absolute atomic E-state index is 6.00. The molecule has 1 aliphatic carbocycles. The van der Waals surface area contributed by atoms with E-state index in [1.165, 1.54) is 18.4 Å². The highest BCUT2D eigenvalue weighted by atomic mass is 32.1. The van der Waals surface area contributed by atoms with Crippen LogP contribution in [0.3, 0.4) is 0 Å². The Morgan fingerprint density at radius 1 is 1.33 bits per heavy atom. The van der Waals surface area contributed by atoms with Crippen molar-refractivity contribution in [1.29, 1.82) is 0 Å². The number of rotatable bonds is 4. The van der Waals surface area contributed by atoms with Gasteiger partial charge in [-0.3, -0.25) is 0 Å². The van der Waals surface area contributed by atoms with E-state index in [9.17, 15) is 0 Å². The first-order valence-electron chi connectivity index (χ1n) is 6.58. The van der Waals surface area contributed by atoms with Crippen molar-refractivity contribution in [3.63, 3.8) is 0 Å². The molecule has 0 unspecified atom stereocenters. The van der Waals surface area contributed by atoms with Gasteiger partial charge < -0.3 is 9.47 Å². The predicted octanol–water partition coefficient (Wildman–Crippen LogP) is 3.49. The first-order chi connectivity index (χ1) is 8.54. The lowest BCUT2D eigenvalue weighted by molar-refractivity contribution is 0.130. The molecule has 0 N–H and O–H groups in total. The second kappa shape index (κ2) is 4.09. The Hall–Kier alpha value is -0.830. The zero-order chi connectivity index (χ0) is 12.8. The van der Waals surface area contributed by atoms with Gasteiger partial charge >= 0.3 is 0 Å². The average molecular weight is 264 g/mol. The van der Waals surface area contributed by atoms with E-state index < -0.39 is 0 Å². The Balaban J connectivity index is 1.76. The summed E-state index contributed by atoms with van der Waals surface area (Å²) in [7, 11) is 0. The highest BCUT2D eigenvalue weighted by molar-refractivity contribution is 7.80. The molecule has 3 rings (SSSR count). The largest absolute Gasteiger partial charge is 0.489 e. The normalized spacial score (nSPS) is 22.2. The standard InChI is InChI=1S/C15H20O2S/c1-14(2)8-11-4-3-5-12(13(11)17-14)16-9-15(10-18)6-7-15/h3-5,18H,6-10H2,1-2H3. The van der Waals surface area contributed by atoms with Crippen LogP contribution in [0, 0.1) is 5.41 Å². The highest BCUT2D eigenvalue weighted by Gasteiger charge is 2.42. The van der Waals surface area contributed by atoms with Gasteiger partial charge in [-0.2, -0.15) is 12.6 Å². The predicted molar refractivity (Wildman–Crippen MR) is 75.9 cm³/mol. The number of para-hydroxylation sites is 1. The summed E-state index contributed by atoms with van der Waals surface area (Å²) in [6.45, 7) is 5.00. The van der Waals surface area contributed by atoms with E-state index in [-0.39, 0.29) is 5.60 Å². The van der Waals surface area contributed by atoms with Crippen LogP contribution < -0.4 is 9.47 Å². The maximum atomic E-state index is 6.00. The molecular weight excluding hydrogens is 244 g/mol. The van der Waals surface area contributed by atoms with Gasteiger partial charge in [-0.1, -0.05) is 12.1 Å². The van der Waals surface area contributed by atoms with Crippen molar-refractivity contribution in [2.45, 2.75) is 38.7 Å². The third kappa shape index (κ3) is 2.20. The minimum absolute atomic E-state index is 0.109. The zero-order valence-corrected chi connectivity index (χ0v) is 11.9. The summed E-state index contributed by atoms with van der Waals surface area (Å²) in [4.78, 5) is 0. The molecule has 2 aliphatic rings. The minimum Gasteiger partial charge on any atom is -0.489 e. The third-order valence-corrected chi connectivity index (χ3v) is 4.55. The van der Waals surface area contributed by atoms with Gasteiger partial charge in [-0.05, 0) is 38.5 Å². The van der Waals surface area contributed by atoms with Crippen LogP contribution in [0.15, 0.2) is 18.2 Å². The summed E-state index contributed by atoms with van der Waals surface area (Å²) in [6, 6.07) is 6.19. The summed E-state index contributed by atoms with van der Waals surface area (Å²) in [6.07, 6.45) is 3.42. The lowest BCUT2D eigenvalue weighted by Gasteiger charge is -2.19. The Bertz CT molecular complexity index is 464.